The standard InChI is InChI=1S/C21H19Cl2F2N5O8S2/c1-39(34,35)29-5-4-10(9-29)28-40(36,37)16-8-12(2-3-15(16)31)38-18-13(22)6-11(7-14(18)23)30-21(33)26-20(32)17(27-30)19(24)25/h2-3,6-8,10,19,28,31H,4-5,9H2,1H3,(H,26,32,33)/t10-/m1/s1. The summed E-state index contributed by atoms with van der Waals surface area (Å²) < 4.78 is 85.1. The smallest absolute Gasteiger partial charge is 0.349 e. The number of ether oxygens (including phenoxy) is 1. The summed E-state index contributed by atoms with van der Waals surface area (Å²) in [7, 11) is -7.86. The number of hydrogen-bond donors (Lipinski definition) is 3. The van der Waals surface area contributed by atoms with Gasteiger partial charge >= 0.3 is 5.69 Å². The number of phenols is 1. The van der Waals surface area contributed by atoms with Crippen LogP contribution in [0.15, 0.2) is 44.8 Å². The van der Waals surface area contributed by atoms with E-state index in [2.05, 4.69) is 9.82 Å². The lowest BCUT2D eigenvalue weighted by Crippen LogP contribution is -2.38. The van der Waals surface area contributed by atoms with Crippen LogP contribution in [0.4, 0.5) is 8.78 Å². The van der Waals surface area contributed by atoms with Gasteiger partial charge in [0, 0.05) is 25.2 Å². The third-order valence-corrected chi connectivity index (χ3v) is 9.05. The van der Waals surface area contributed by atoms with Crippen molar-refractivity contribution in [2.24, 2.45) is 0 Å². The molecule has 1 aliphatic heterocycles. The van der Waals surface area contributed by atoms with Crippen LogP contribution in [0, 0.1) is 0 Å². The Hall–Kier alpha value is -3.09. The first kappa shape index (κ1) is 29.9. The largest absolute Gasteiger partial charge is 0.507 e. The number of alkyl halides is 2. The molecule has 13 nitrogen and oxygen atoms in total. The van der Waals surface area contributed by atoms with E-state index < -0.39 is 60.1 Å². The second-order valence-electron chi connectivity index (χ2n) is 8.56. The minimum atomic E-state index is -4.34. The lowest BCUT2D eigenvalue weighted by Gasteiger charge is -2.16. The Morgan fingerprint density at radius 1 is 1.15 bits per heavy atom. The number of hydrogen-bond acceptors (Lipinski definition) is 9. The van der Waals surface area contributed by atoms with Gasteiger partial charge in [0.2, 0.25) is 20.0 Å². The highest BCUT2D eigenvalue weighted by molar-refractivity contribution is 7.89. The first-order valence-electron chi connectivity index (χ1n) is 11.1. The van der Waals surface area contributed by atoms with Crippen LogP contribution in [0.5, 0.6) is 17.2 Å². The van der Waals surface area contributed by atoms with E-state index in [1.165, 1.54) is 6.07 Å². The summed E-state index contributed by atoms with van der Waals surface area (Å²) in [6.07, 6.45) is -2.05. The minimum Gasteiger partial charge on any atom is -0.507 e. The predicted octanol–water partition coefficient (Wildman–Crippen LogP) is 1.98. The highest BCUT2D eigenvalue weighted by Crippen LogP contribution is 2.39. The van der Waals surface area contributed by atoms with E-state index in [0.29, 0.717) is 4.68 Å². The Morgan fingerprint density at radius 3 is 2.38 bits per heavy atom. The molecule has 1 fully saturated rings. The van der Waals surface area contributed by atoms with E-state index in [1.807, 2.05) is 0 Å². The van der Waals surface area contributed by atoms with Crippen molar-refractivity contribution >= 4 is 43.2 Å². The maximum Gasteiger partial charge on any atom is 0.349 e. The van der Waals surface area contributed by atoms with E-state index in [-0.39, 0.29) is 46.7 Å². The van der Waals surface area contributed by atoms with Crippen LogP contribution >= 0.6 is 23.2 Å². The van der Waals surface area contributed by atoms with E-state index >= 15 is 0 Å². The number of halogens is 4. The Morgan fingerprint density at radius 2 is 1.80 bits per heavy atom. The second kappa shape index (κ2) is 11.1. The lowest BCUT2D eigenvalue weighted by atomic mass is 10.3. The van der Waals surface area contributed by atoms with Crippen molar-refractivity contribution in [1.82, 2.24) is 23.8 Å². The summed E-state index contributed by atoms with van der Waals surface area (Å²) >= 11 is 12.5. The number of H-pyrrole nitrogens is 1. The fraction of sp³-hybridized carbons (Fsp3) is 0.286. The van der Waals surface area contributed by atoms with Crippen molar-refractivity contribution in [3.63, 3.8) is 0 Å². The van der Waals surface area contributed by atoms with Gasteiger partial charge in [0.15, 0.2) is 11.4 Å². The molecule has 216 valence electrons. The van der Waals surface area contributed by atoms with Crippen molar-refractivity contribution in [2.45, 2.75) is 23.8 Å². The summed E-state index contributed by atoms with van der Waals surface area (Å²) in [6.45, 7) is 0.0386. The Bertz CT molecular complexity index is 1790. The summed E-state index contributed by atoms with van der Waals surface area (Å²) in [4.78, 5) is 24.8. The molecule has 1 atom stereocenters. The zero-order valence-electron chi connectivity index (χ0n) is 20.1. The van der Waals surface area contributed by atoms with Crippen LogP contribution in [-0.4, -0.2) is 66.4 Å². The van der Waals surface area contributed by atoms with Crippen LogP contribution in [0.3, 0.4) is 0 Å². The van der Waals surface area contributed by atoms with Gasteiger partial charge in [-0.15, -0.1) is 0 Å². The van der Waals surface area contributed by atoms with E-state index in [1.54, 1.807) is 4.98 Å². The quantitative estimate of drug-likeness (QED) is 0.331. The fourth-order valence-corrected chi connectivity index (χ4v) is 6.61. The fourth-order valence-electron chi connectivity index (χ4n) is 3.80. The summed E-state index contributed by atoms with van der Waals surface area (Å²) in [6, 6.07) is 4.64. The molecule has 0 saturated carbocycles. The molecule has 0 aliphatic carbocycles. The molecular formula is C21H19Cl2F2N5O8S2. The highest BCUT2D eigenvalue weighted by Gasteiger charge is 2.32. The molecule has 0 amide bonds. The zero-order chi connectivity index (χ0) is 29.6. The van der Waals surface area contributed by atoms with Crippen LogP contribution in [0.1, 0.15) is 18.5 Å². The van der Waals surface area contributed by atoms with Gasteiger partial charge < -0.3 is 9.84 Å². The highest BCUT2D eigenvalue weighted by atomic mass is 35.5. The molecule has 3 N–H and O–H groups in total. The third kappa shape index (κ3) is 6.29. The van der Waals surface area contributed by atoms with Crippen LogP contribution < -0.4 is 20.7 Å². The first-order chi connectivity index (χ1) is 18.6. The van der Waals surface area contributed by atoms with Gasteiger partial charge in [-0.2, -0.15) is 9.78 Å². The van der Waals surface area contributed by atoms with Gasteiger partial charge in [-0.1, -0.05) is 23.2 Å². The number of phenolic OH excluding ortho intramolecular Hbond substituents is 1. The predicted molar refractivity (Wildman–Crippen MR) is 139 cm³/mol. The van der Waals surface area contributed by atoms with Crippen molar-refractivity contribution in [3.05, 3.63) is 66.9 Å². The SMILES string of the molecule is CS(=O)(=O)N1CC[C@@H](NS(=O)(=O)c2cc(Oc3c(Cl)cc(-n4nc(C(F)F)c(=O)[nH]c4=O)cc3Cl)ccc2O)C1. The number of sulfonamides is 2. The molecule has 0 unspecified atom stereocenters. The molecule has 19 heteroatoms. The van der Waals surface area contributed by atoms with Gasteiger partial charge in [-0.3, -0.25) is 9.78 Å². The van der Waals surface area contributed by atoms with Gasteiger partial charge in [0.05, 0.1) is 22.0 Å². The van der Waals surface area contributed by atoms with Crippen molar-refractivity contribution in [2.75, 3.05) is 19.3 Å². The number of rotatable bonds is 8. The summed E-state index contributed by atoms with van der Waals surface area (Å²) in [5.74, 6) is -0.984. The van der Waals surface area contributed by atoms with Crippen LogP contribution in [-0.2, 0) is 20.0 Å². The lowest BCUT2D eigenvalue weighted by molar-refractivity contribution is 0.141. The van der Waals surface area contributed by atoms with Gasteiger partial charge in [-0.25, -0.2) is 39.4 Å². The summed E-state index contributed by atoms with van der Waals surface area (Å²) in [5, 5.41) is 13.1. The molecule has 0 spiro atoms. The molecule has 40 heavy (non-hydrogen) atoms. The Balaban J connectivity index is 1.62. The zero-order valence-corrected chi connectivity index (χ0v) is 23.3. The maximum absolute atomic E-state index is 13.1. The molecule has 0 radical (unpaired) electrons. The molecule has 1 aromatic heterocycles. The maximum atomic E-state index is 13.1. The van der Waals surface area contributed by atoms with Crippen LogP contribution in [0.25, 0.3) is 5.69 Å². The molecular weight excluding hydrogens is 623 g/mol. The first-order valence-corrected chi connectivity index (χ1v) is 15.1. The molecule has 1 aliphatic rings. The third-order valence-electron chi connectivity index (χ3n) is 5.67. The van der Waals surface area contributed by atoms with Crippen LogP contribution in [0.2, 0.25) is 10.0 Å². The molecule has 4 rings (SSSR count). The monoisotopic (exact) mass is 641 g/mol. The number of nitrogens with one attached hydrogen (secondary N) is 2. The molecule has 2 aromatic carbocycles. The average Bonchev–Trinajstić information content (AvgIpc) is 3.30. The van der Waals surface area contributed by atoms with Gasteiger partial charge in [0.25, 0.3) is 12.0 Å². The molecule has 1 saturated heterocycles. The number of aromatic amines is 1. The average molecular weight is 642 g/mol. The Labute approximate surface area is 235 Å². The van der Waals surface area contributed by atoms with Crippen molar-refractivity contribution < 1.29 is 35.5 Å². The minimum absolute atomic E-state index is 0.0847. The van der Waals surface area contributed by atoms with E-state index in [9.17, 15) is 40.3 Å². The van der Waals surface area contributed by atoms with Gasteiger partial charge in [-0.05, 0) is 30.7 Å². The van der Waals surface area contributed by atoms with E-state index in [4.69, 9.17) is 27.9 Å². The number of nitrogens with zero attached hydrogens (tertiary/aromatic N) is 3. The number of aromatic hydroxyl groups is 1. The number of benzene rings is 2. The second-order valence-corrected chi connectivity index (χ2v) is 13.0. The van der Waals surface area contributed by atoms with Gasteiger partial charge in [0.1, 0.15) is 16.4 Å². The Kier molecular flexibility index (Phi) is 8.26. The molecule has 0 bridgehead atoms. The topological polar surface area (TPSA) is 181 Å². The summed E-state index contributed by atoms with van der Waals surface area (Å²) in [5.41, 5.74) is -3.90. The normalized spacial score (nSPS) is 16.5. The van der Waals surface area contributed by atoms with E-state index in [0.717, 1.165) is 34.8 Å². The molecule has 3 aromatic rings. The number of aromatic nitrogens is 3. The van der Waals surface area contributed by atoms with Crippen molar-refractivity contribution in [3.8, 4) is 22.9 Å². The molecule has 2 heterocycles. The van der Waals surface area contributed by atoms with Crippen molar-refractivity contribution in [1.29, 1.82) is 0 Å².